The summed E-state index contributed by atoms with van der Waals surface area (Å²) in [5.74, 6) is -1.71. The molecule has 0 radical (unpaired) electrons. The summed E-state index contributed by atoms with van der Waals surface area (Å²) in [4.78, 5) is 35.5. The number of carbonyl (C=O) groups excluding carboxylic acids is 3. The Labute approximate surface area is 140 Å². The molecular weight excluding hydrogens is 316 g/mol. The van der Waals surface area contributed by atoms with Crippen LogP contribution in [0.1, 0.15) is 26.2 Å². The number of ether oxygens (including phenoxy) is 4. The van der Waals surface area contributed by atoms with Gasteiger partial charge in [-0.05, 0) is 25.2 Å². The molecule has 24 heavy (non-hydrogen) atoms. The summed E-state index contributed by atoms with van der Waals surface area (Å²) in [5, 5.41) is 0. The summed E-state index contributed by atoms with van der Waals surface area (Å²) in [7, 11) is 0. The Morgan fingerprint density at radius 1 is 1.21 bits per heavy atom. The Balaban J connectivity index is 1.94. The fourth-order valence-corrected chi connectivity index (χ4v) is 2.53. The van der Waals surface area contributed by atoms with Crippen LogP contribution in [0.3, 0.4) is 0 Å². The normalized spacial score (nSPS) is 22.5. The van der Waals surface area contributed by atoms with Gasteiger partial charge in [-0.3, -0.25) is 0 Å². The van der Waals surface area contributed by atoms with Gasteiger partial charge in [-0.25, -0.2) is 14.4 Å². The van der Waals surface area contributed by atoms with E-state index in [9.17, 15) is 14.4 Å². The second-order valence-electron chi connectivity index (χ2n) is 5.75. The summed E-state index contributed by atoms with van der Waals surface area (Å²) in [5.41, 5.74) is 0.737. The smallest absolute Gasteiger partial charge is 0.334 e. The molecular formula is C17H22O7. The molecule has 7 nitrogen and oxygen atoms in total. The van der Waals surface area contributed by atoms with Gasteiger partial charge in [-0.2, -0.15) is 0 Å². The monoisotopic (exact) mass is 338 g/mol. The minimum Gasteiger partial charge on any atom is -0.459 e. The zero-order valence-electron chi connectivity index (χ0n) is 13.7. The summed E-state index contributed by atoms with van der Waals surface area (Å²) in [6.07, 6.45) is 3.12. The Morgan fingerprint density at radius 2 is 1.92 bits per heavy atom. The van der Waals surface area contributed by atoms with Crippen molar-refractivity contribution in [1.82, 2.24) is 0 Å². The average Bonchev–Trinajstić information content (AvgIpc) is 3.40. The summed E-state index contributed by atoms with van der Waals surface area (Å²) in [6.45, 7) is 5.82. The number of hydrogen-bond acceptors (Lipinski definition) is 7. The molecule has 1 aliphatic carbocycles. The van der Waals surface area contributed by atoms with Crippen LogP contribution in [0.15, 0.2) is 23.8 Å². The molecule has 0 spiro atoms. The molecule has 1 heterocycles. The molecule has 0 aromatic heterocycles. The number of hydrogen-bond donors (Lipinski definition) is 0. The van der Waals surface area contributed by atoms with Crippen LogP contribution in [0.5, 0.6) is 0 Å². The molecule has 0 aromatic carbocycles. The number of epoxide rings is 1. The molecule has 0 bridgehead atoms. The molecule has 2 unspecified atom stereocenters. The summed E-state index contributed by atoms with van der Waals surface area (Å²) < 4.78 is 20.1. The lowest BCUT2D eigenvalue weighted by molar-refractivity contribution is -0.147. The molecule has 1 fully saturated rings. The quantitative estimate of drug-likeness (QED) is 0.217. The molecule has 7 heteroatoms. The lowest BCUT2D eigenvalue weighted by Gasteiger charge is -2.23. The molecule has 1 saturated heterocycles. The lowest BCUT2D eigenvalue weighted by atomic mass is 9.84. The minimum atomic E-state index is -0.581. The van der Waals surface area contributed by atoms with Crippen LogP contribution in [0.25, 0.3) is 0 Å². The maximum absolute atomic E-state index is 12.3. The van der Waals surface area contributed by atoms with Gasteiger partial charge in [0.15, 0.2) is 0 Å². The molecule has 0 N–H and O–H groups in total. The van der Waals surface area contributed by atoms with Gasteiger partial charge in [-0.1, -0.05) is 13.5 Å². The maximum Gasteiger partial charge on any atom is 0.334 e. The first-order valence-electron chi connectivity index (χ1n) is 8.01. The van der Waals surface area contributed by atoms with Gasteiger partial charge < -0.3 is 18.9 Å². The highest BCUT2D eigenvalue weighted by molar-refractivity contribution is 6.01. The average molecular weight is 338 g/mol. The standard InChI is InChI=1S/C17H22O7/c1-3-14(18)21-7-8-22-17(20)15-11(2)5-4-6-13(15)16(19)24-10-12-9-23-12/h3,11-12H,1,4-10H2,2H3. The molecule has 1 aliphatic heterocycles. The van der Waals surface area contributed by atoms with Crippen LogP contribution in [0, 0.1) is 5.92 Å². The topological polar surface area (TPSA) is 91.4 Å². The molecule has 2 aliphatic rings. The SMILES string of the molecule is C=CC(=O)OCCOC(=O)C1=C(C(=O)OCC2CO2)CCCC1C. The Kier molecular flexibility index (Phi) is 6.54. The predicted octanol–water partition coefficient (Wildman–Crippen LogP) is 1.32. The van der Waals surface area contributed by atoms with Crippen molar-refractivity contribution in [2.45, 2.75) is 32.3 Å². The molecule has 2 atom stereocenters. The fourth-order valence-electron chi connectivity index (χ4n) is 2.53. The van der Waals surface area contributed by atoms with Crippen molar-refractivity contribution >= 4 is 17.9 Å². The van der Waals surface area contributed by atoms with Crippen molar-refractivity contribution in [2.75, 3.05) is 26.4 Å². The van der Waals surface area contributed by atoms with E-state index in [1.165, 1.54) is 0 Å². The van der Waals surface area contributed by atoms with Crippen LogP contribution in [0.4, 0.5) is 0 Å². The van der Waals surface area contributed by atoms with Crippen molar-refractivity contribution in [3.63, 3.8) is 0 Å². The van der Waals surface area contributed by atoms with E-state index < -0.39 is 17.9 Å². The number of rotatable bonds is 8. The minimum absolute atomic E-state index is 0.0227. The van der Waals surface area contributed by atoms with Crippen molar-refractivity contribution in [2.24, 2.45) is 5.92 Å². The zero-order valence-corrected chi connectivity index (χ0v) is 13.7. The Hall–Kier alpha value is -2.15. The van der Waals surface area contributed by atoms with Crippen LogP contribution in [0.2, 0.25) is 0 Å². The third kappa shape index (κ3) is 5.19. The van der Waals surface area contributed by atoms with E-state index in [-0.39, 0.29) is 31.8 Å². The van der Waals surface area contributed by atoms with Gasteiger partial charge in [0.05, 0.1) is 12.2 Å². The zero-order chi connectivity index (χ0) is 17.5. The van der Waals surface area contributed by atoms with Crippen molar-refractivity contribution < 1.29 is 33.3 Å². The van der Waals surface area contributed by atoms with E-state index in [1.54, 1.807) is 0 Å². The van der Waals surface area contributed by atoms with Crippen LogP contribution in [-0.4, -0.2) is 50.4 Å². The van der Waals surface area contributed by atoms with Crippen molar-refractivity contribution in [1.29, 1.82) is 0 Å². The third-order valence-electron chi connectivity index (χ3n) is 3.88. The van der Waals surface area contributed by atoms with Gasteiger partial charge in [0.2, 0.25) is 0 Å². The van der Waals surface area contributed by atoms with E-state index in [2.05, 4.69) is 6.58 Å². The number of carbonyl (C=O) groups is 3. The molecule has 0 amide bonds. The van der Waals surface area contributed by atoms with Crippen LogP contribution < -0.4 is 0 Å². The van der Waals surface area contributed by atoms with Crippen LogP contribution >= 0.6 is 0 Å². The highest BCUT2D eigenvalue weighted by Crippen LogP contribution is 2.31. The van der Waals surface area contributed by atoms with Gasteiger partial charge in [0, 0.05) is 11.6 Å². The third-order valence-corrected chi connectivity index (χ3v) is 3.88. The second kappa shape index (κ2) is 8.63. The number of esters is 3. The maximum atomic E-state index is 12.3. The summed E-state index contributed by atoms with van der Waals surface area (Å²) >= 11 is 0. The Bertz CT molecular complexity index is 545. The van der Waals surface area contributed by atoms with E-state index in [0.717, 1.165) is 18.9 Å². The Morgan fingerprint density at radius 3 is 2.58 bits per heavy atom. The lowest BCUT2D eigenvalue weighted by Crippen LogP contribution is -2.25. The first-order valence-corrected chi connectivity index (χ1v) is 8.01. The van der Waals surface area contributed by atoms with Crippen LogP contribution in [-0.2, 0) is 33.3 Å². The molecule has 0 saturated carbocycles. The van der Waals surface area contributed by atoms with Gasteiger partial charge >= 0.3 is 17.9 Å². The van der Waals surface area contributed by atoms with Gasteiger partial charge in [0.25, 0.3) is 0 Å². The molecule has 132 valence electrons. The highest BCUT2D eigenvalue weighted by atomic mass is 16.6. The largest absolute Gasteiger partial charge is 0.459 e. The molecule has 2 rings (SSSR count). The van der Waals surface area contributed by atoms with Gasteiger partial charge in [-0.15, -0.1) is 0 Å². The van der Waals surface area contributed by atoms with Crippen molar-refractivity contribution in [3.05, 3.63) is 23.8 Å². The first kappa shape index (κ1) is 18.2. The van der Waals surface area contributed by atoms with Gasteiger partial charge in [0.1, 0.15) is 25.9 Å². The molecule has 0 aromatic rings. The predicted molar refractivity (Wildman–Crippen MR) is 82.9 cm³/mol. The van der Waals surface area contributed by atoms with E-state index in [4.69, 9.17) is 18.9 Å². The second-order valence-corrected chi connectivity index (χ2v) is 5.75. The van der Waals surface area contributed by atoms with E-state index in [0.29, 0.717) is 24.2 Å². The highest BCUT2D eigenvalue weighted by Gasteiger charge is 2.32. The van der Waals surface area contributed by atoms with E-state index in [1.807, 2.05) is 6.92 Å². The summed E-state index contributed by atoms with van der Waals surface area (Å²) in [6, 6.07) is 0. The van der Waals surface area contributed by atoms with E-state index >= 15 is 0 Å². The first-order chi connectivity index (χ1) is 11.5. The van der Waals surface area contributed by atoms with Crippen molar-refractivity contribution in [3.8, 4) is 0 Å². The fraction of sp³-hybridized carbons (Fsp3) is 0.588.